The third-order valence-electron chi connectivity index (χ3n) is 3.45. The third kappa shape index (κ3) is 4.10. The number of nitrogens with zero attached hydrogens (tertiary/aromatic N) is 1. The van der Waals surface area contributed by atoms with E-state index in [1.165, 1.54) is 6.21 Å². The topological polar surface area (TPSA) is 72.8 Å². The fraction of sp³-hybridized carbons (Fsp3) is 0.412. The third-order valence-corrected chi connectivity index (χ3v) is 3.45. The molecule has 116 valence electrons. The van der Waals surface area contributed by atoms with Gasteiger partial charge in [-0.3, -0.25) is 14.6 Å². The van der Waals surface area contributed by atoms with Crippen LogP contribution in [0.25, 0.3) is 0 Å². The zero-order valence-electron chi connectivity index (χ0n) is 12.6. The summed E-state index contributed by atoms with van der Waals surface area (Å²) in [5.74, 6) is -1.22. The number of ether oxygens (including phenoxy) is 1. The molecule has 0 saturated heterocycles. The number of carbonyl (C=O) groups is 3. The average molecular weight is 301 g/mol. The van der Waals surface area contributed by atoms with E-state index in [0.29, 0.717) is 37.1 Å². The highest BCUT2D eigenvalue weighted by Gasteiger charge is 2.28. The van der Waals surface area contributed by atoms with E-state index in [-0.39, 0.29) is 17.5 Å². The highest BCUT2D eigenvalue weighted by atomic mass is 16.5. The largest absolute Gasteiger partial charge is 0.462 e. The molecule has 1 aliphatic rings. The lowest BCUT2D eigenvalue weighted by Gasteiger charge is -2.14. The van der Waals surface area contributed by atoms with Crippen LogP contribution in [0.3, 0.4) is 0 Å². The Labute approximate surface area is 129 Å². The minimum Gasteiger partial charge on any atom is -0.462 e. The monoisotopic (exact) mass is 301 g/mol. The van der Waals surface area contributed by atoms with Gasteiger partial charge < -0.3 is 4.74 Å². The molecule has 5 nitrogen and oxygen atoms in total. The number of aliphatic imine (C=N–C) groups is 1. The van der Waals surface area contributed by atoms with Crippen molar-refractivity contribution in [3.8, 4) is 0 Å². The number of esters is 1. The van der Waals surface area contributed by atoms with Crippen LogP contribution < -0.4 is 0 Å². The molecule has 0 unspecified atom stereocenters. The zero-order valence-corrected chi connectivity index (χ0v) is 12.6. The van der Waals surface area contributed by atoms with E-state index >= 15 is 0 Å². The molecule has 0 spiro atoms. The quantitative estimate of drug-likeness (QED) is 0.476. The average Bonchev–Trinajstić information content (AvgIpc) is 2.52. The Morgan fingerprint density at radius 1 is 1.23 bits per heavy atom. The molecule has 22 heavy (non-hydrogen) atoms. The zero-order chi connectivity index (χ0) is 15.9. The maximum atomic E-state index is 11.7. The van der Waals surface area contributed by atoms with Crippen LogP contribution in [0.1, 0.15) is 43.0 Å². The molecule has 0 bridgehead atoms. The number of benzene rings is 1. The highest BCUT2D eigenvalue weighted by Crippen LogP contribution is 2.18. The van der Waals surface area contributed by atoms with Crippen LogP contribution in [0, 0.1) is 5.92 Å². The van der Waals surface area contributed by atoms with Crippen LogP contribution >= 0.6 is 0 Å². The van der Waals surface area contributed by atoms with E-state index in [9.17, 15) is 14.4 Å². The van der Waals surface area contributed by atoms with Gasteiger partial charge in [0.2, 0.25) is 0 Å². The second kappa shape index (κ2) is 7.64. The van der Waals surface area contributed by atoms with E-state index in [4.69, 9.17) is 4.74 Å². The van der Waals surface area contributed by atoms with Crippen LogP contribution in [-0.4, -0.2) is 30.4 Å². The lowest BCUT2D eigenvalue weighted by Crippen LogP contribution is -2.29. The normalized spacial score (nSPS) is 16.2. The van der Waals surface area contributed by atoms with Crippen LogP contribution in [0.5, 0.6) is 0 Å². The van der Waals surface area contributed by atoms with Crippen LogP contribution in [0.2, 0.25) is 0 Å². The highest BCUT2D eigenvalue weighted by molar-refractivity contribution is 6.16. The van der Waals surface area contributed by atoms with Crippen molar-refractivity contribution in [2.75, 3.05) is 6.61 Å². The van der Waals surface area contributed by atoms with E-state index in [0.717, 1.165) is 6.42 Å². The fourth-order valence-corrected chi connectivity index (χ4v) is 2.22. The Balaban J connectivity index is 2.01. The molecule has 0 N–H and O–H groups in total. The molecule has 5 heteroatoms. The summed E-state index contributed by atoms with van der Waals surface area (Å²) < 4.78 is 5.03. The predicted molar refractivity (Wildman–Crippen MR) is 82.5 cm³/mol. The predicted octanol–water partition coefficient (Wildman–Crippen LogP) is 2.89. The van der Waals surface area contributed by atoms with Crippen molar-refractivity contribution in [1.82, 2.24) is 0 Å². The minimum absolute atomic E-state index is 0.0697. The van der Waals surface area contributed by atoms with Gasteiger partial charge in [0.1, 0.15) is 17.5 Å². The first-order valence-corrected chi connectivity index (χ1v) is 7.48. The summed E-state index contributed by atoms with van der Waals surface area (Å²) in [6, 6.07) is 6.57. The summed E-state index contributed by atoms with van der Waals surface area (Å²) in [6.07, 6.45) is 3.69. The van der Waals surface area contributed by atoms with Crippen molar-refractivity contribution < 1.29 is 19.1 Å². The first-order chi connectivity index (χ1) is 10.6. The van der Waals surface area contributed by atoms with Crippen LogP contribution in [-0.2, 0) is 14.3 Å². The molecule has 0 aliphatic heterocycles. The molecule has 0 amide bonds. The molecule has 1 fully saturated rings. The number of hydrogen-bond acceptors (Lipinski definition) is 5. The second-order valence-corrected chi connectivity index (χ2v) is 5.22. The molecule has 1 saturated carbocycles. The van der Waals surface area contributed by atoms with Gasteiger partial charge in [0.25, 0.3) is 0 Å². The van der Waals surface area contributed by atoms with Crippen molar-refractivity contribution in [2.24, 2.45) is 10.9 Å². The second-order valence-electron chi connectivity index (χ2n) is 5.22. The van der Waals surface area contributed by atoms with Gasteiger partial charge in [-0.1, -0.05) is 6.92 Å². The fourth-order valence-electron chi connectivity index (χ4n) is 2.22. The minimum atomic E-state index is -0.719. The van der Waals surface area contributed by atoms with Crippen LogP contribution in [0.4, 0.5) is 5.69 Å². The molecule has 1 aromatic rings. The number of Topliss-reactive ketones (excluding diaryl/α,β-unsaturated/α-hetero) is 2. The summed E-state index contributed by atoms with van der Waals surface area (Å²) >= 11 is 0. The van der Waals surface area contributed by atoms with Gasteiger partial charge >= 0.3 is 5.97 Å². The maximum Gasteiger partial charge on any atom is 0.338 e. The summed E-state index contributed by atoms with van der Waals surface area (Å²) in [6.45, 7) is 2.32. The summed E-state index contributed by atoms with van der Waals surface area (Å²) in [5.41, 5.74) is 1.05. The molecule has 1 aliphatic carbocycles. The molecular formula is C17H19NO4. The van der Waals surface area contributed by atoms with Crippen molar-refractivity contribution in [3.63, 3.8) is 0 Å². The maximum absolute atomic E-state index is 11.7. The Kier molecular flexibility index (Phi) is 5.58. The van der Waals surface area contributed by atoms with Crippen molar-refractivity contribution in [2.45, 2.75) is 32.6 Å². The van der Waals surface area contributed by atoms with Gasteiger partial charge in [0.05, 0.1) is 17.9 Å². The summed E-state index contributed by atoms with van der Waals surface area (Å²) in [5, 5.41) is 0. The number of carbonyl (C=O) groups excluding carboxylic acids is 3. The summed E-state index contributed by atoms with van der Waals surface area (Å²) in [4.78, 5) is 39.2. The number of rotatable bonds is 5. The van der Waals surface area contributed by atoms with Gasteiger partial charge in [-0.25, -0.2) is 4.79 Å². The summed E-state index contributed by atoms with van der Waals surface area (Å²) in [7, 11) is 0. The number of hydrogen-bond donors (Lipinski definition) is 0. The SMILES string of the molecule is CCCOC(=O)c1ccc(N=CC2C(=O)CCCC2=O)cc1. The van der Waals surface area contributed by atoms with Gasteiger partial charge in [0.15, 0.2) is 0 Å². The van der Waals surface area contributed by atoms with Gasteiger partial charge in [0, 0.05) is 19.1 Å². The molecule has 0 aromatic heterocycles. The lowest BCUT2D eigenvalue weighted by molar-refractivity contribution is -0.132. The van der Waals surface area contributed by atoms with Gasteiger partial charge in [-0.05, 0) is 37.1 Å². The Morgan fingerprint density at radius 3 is 2.45 bits per heavy atom. The van der Waals surface area contributed by atoms with Crippen molar-refractivity contribution in [3.05, 3.63) is 29.8 Å². The molecule has 0 atom stereocenters. The van der Waals surface area contributed by atoms with Crippen molar-refractivity contribution in [1.29, 1.82) is 0 Å². The Bertz CT molecular complexity index is 573. The number of ketones is 2. The molecular weight excluding hydrogens is 282 g/mol. The Hall–Kier alpha value is -2.30. The van der Waals surface area contributed by atoms with Gasteiger partial charge in [-0.15, -0.1) is 0 Å². The van der Waals surface area contributed by atoms with E-state index in [2.05, 4.69) is 4.99 Å². The molecule has 0 heterocycles. The van der Waals surface area contributed by atoms with Gasteiger partial charge in [-0.2, -0.15) is 0 Å². The van der Waals surface area contributed by atoms with Crippen molar-refractivity contribution >= 4 is 29.4 Å². The van der Waals surface area contributed by atoms with Crippen LogP contribution in [0.15, 0.2) is 29.3 Å². The molecule has 1 aromatic carbocycles. The first-order valence-electron chi connectivity index (χ1n) is 7.48. The molecule has 2 rings (SSSR count). The van der Waals surface area contributed by atoms with E-state index in [1.807, 2.05) is 6.92 Å². The molecule has 0 radical (unpaired) electrons. The lowest BCUT2D eigenvalue weighted by atomic mass is 9.87. The standard InChI is InChI=1S/C17H19NO4/c1-2-10-22-17(21)12-6-8-13(9-7-12)18-11-14-15(19)4-3-5-16(14)20/h6-9,11,14H,2-5,10H2,1H3. The van der Waals surface area contributed by atoms with E-state index in [1.54, 1.807) is 24.3 Å². The first kappa shape index (κ1) is 16.1. The Morgan fingerprint density at radius 2 is 1.86 bits per heavy atom. The smallest absolute Gasteiger partial charge is 0.338 e. The van der Waals surface area contributed by atoms with E-state index < -0.39 is 5.92 Å².